The van der Waals surface area contributed by atoms with Crippen LogP contribution in [0.3, 0.4) is 0 Å². The van der Waals surface area contributed by atoms with Crippen LogP contribution < -0.4 is 4.74 Å². The minimum atomic E-state index is -0.129. The fraction of sp³-hybridized carbons (Fsp3) is 0.250. The molecule has 7 heteroatoms. The van der Waals surface area contributed by atoms with Crippen molar-refractivity contribution in [3.8, 4) is 5.75 Å². The zero-order valence-corrected chi connectivity index (χ0v) is 15.1. The van der Waals surface area contributed by atoms with Crippen molar-refractivity contribution < 1.29 is 13.9 Å². The highest BCUT2D eigenvalue weighted by molar-refractivity contribution is 5.97. The van der Waals surface area contributed by atoms with Crippen LogP contribution in [0, 0.1) is 6.92 Å². The molecule has 4 aromatic rings. The molecule has 136 valence electrons. The molecule has 1 amide bonds. The summed E-state index contributed by atoms with van der Waals surface area (Å²) in [6, 6.07) is 9.34. The number of aryl methyl sites for hydroxylation is 1. The van der Waals surface area contributed by atoms with Gasteiger partial charge < -0.3 is 14.1 Å². The van der Waals surface area contributed by atoms with Crippen LogP contribution in [0.2, 0.25) is 0 Å². The summed E-state index contributed by atoms with van der Waals surface area (Å²) in [5.41, 5.74) is 4.50. The van der Waals surface area contributed by atoms with Gasteiger partial charge in [0.1, 0.15) is 0 Å². The Kier molecular flexibility index (Phi) is 3.43. The highest BCUT2D eigenvalue weighted by Gasteiger charge is 2.26. The van der Waals surface area contributed by atoms with Gasteiger partial charge in [-0.15, -0.1) is 0 Å². The van der Waals surface area contributed by atoms with Gasteiger partial charge in [0, 0.05) is 42.7 Å². The van der Waals surface area contributed by atoms with E-state index in [1.807, 2.05) is 41.9 Å². The summed E-state index contributed by atoms with van der Waals surface area (Å²) in [5, 5.41) is 5.37. The Morgan fingerprint density at radius 2 is 2.19 bits per heavy atom. The summed E-state index contributed by atoms with van der Waals surface area (Å²) in [7, 11) is 1.59. The second kappa shape index (κ2) is 5.84. The van der Waals surface area contributed by atoms with E-state index in [4.69, 9.17) is 9.15 Å². The number of benzene rings is 1. The average molecular weight is 362 g/mol. The van der Waals surface area contributed by atoms with Crippen LogP contribution in [-0.4, -0.2) is 39.1 Å². The standard InChI is InChI=1S/C20H18N4O3/c1-12-8-18-21-10-14-11-23(7-6-15(14)24(18)22-12)20(25)17-9-13-4-3-5-16(26-2)19(13)27-17/h3-5,8-10H,6-7,11H2,1-2H3. The van der Waals surface area contributed by atoms with Gasteiger partial charge in [-0.3, -0.25) is 4.79 Å². The van der Waals surface area contributed by atoms with E-state index in [0.717, 1.165) is 34.4 Å². The van der Waals surface area contributed by atoms with Crippen molar-refractivity contribution in [2.45, 2.75) is 19.9 Å². The number of carbonyl (C=O) groups is 1. The van der Waals surface area contributed by atoms with Crippen molar-refractivity contribution in [3.05, 3.63) is 59.2 Å². The first-order valence-corrected chi connectivity index (χ1v) is 8.83. The Hall–Kier alpha value is -3.35. The van der Waals surface area contributed by atoms with Crippen molar-refractivity contribution in [2.75, 3.05) is 13.7 Å². The molecule has 7 nitrogen and oxygen atoms in total. The molecule has 0 atom stereocenters. The zero-order chi connectivity index (χ0) is 18.5. The van der Waals surface area contributed by atoms with Crippen molar-refractivity contribution in [1.82, 2.24) is 19.5 Å². The summed E-state index contributed by atoms with van der Waals surface area (Å²) in [4.78, 5) is 19.2. The lowest BCUT2D eigenvalue weighted by Crippen LogP contribution is -2.36. The third kappa shape index (κ3) is 2.46. The lowest BCUT2D eigenvalue weighted by molar-refractivity contribution is 0.0702. The molecular formula is C20H18N4O3. The van der Waals surface area contributed by atoms with Gasteiger partial charge >= 0.3 is 0 Å². The summed E-state index contributed by atoms with van der Waals surface area (Å²) in [5.74, 6) is 0.814. The number of methoxy groups -OCH3 is 1. The molecule has 5 rings (SSSR count). The maximum absolute atomic E-state index is 13.0. The number of ether oxygens (including phenoxy) is 1. The van der Waals surface area contributed by atoms with E-state index in [-0.39, 0.29) is 5.91 Å². The van der Waals surface area contributed by atoms with Gasteiger partial charge in [0.05, 0.1) is 18.5 Å². The molecule has 0 N–H and O–H groups in total. The topological polar surface area (TPSA) is 72.9 Å². The van der Waals surface area contributed by atoms with E-state index in [1.54, 1.807) is 18.1 Å². The molecule has 0 bridgehead atoms. The predicted octanol–water partition coefficient (Wildman–Crippen LogP) is 2.99. The van der Waals surface area contributed by atoms with Gasteiger partial charge in [0.2, 0.25) is 0 Å². The number of carbonyl (C=O) groups excluding carboxylic acids is 1. The normalized spacial score (nSPS) is 13.9. The third-order valence-corrected chi connectivity index (χ3v) is 5.00. The summed E-state index contributed by atoms with van der Waals surface area (Å²) < 4.78 is 13.0. The quantitative estimate of drug-likeness (QED) is 0.548. The van der Waals surface area contributed by atoms with E-state index in [9.17, 15) is 4.79 Å². The first-order chi connectivity index (χ1) is 13.1. The largest absolute Gasteiger partial charge is 0.493 e. The lowest BCUT2D eigenvalue weighted by atomic mass is 10.1. The maximum atomic E-state index is 13.0. The van der Waals surface area contributed by atoms with Gasteiger partial charge in [-0.25, -0.2) is 9.50 Å². The molecule has 1 aliphatic rings. The smallest absolute Gasteiger partial charge is 0.289 e. The van der Waals surface area contributed by atoms with Gasteiger partial charge in [-0.2, -0.15) is 5.10 Å². The molecule has 27 heavy (non-hydrogen) atoms. The molecule has 3 aromatic heterocycles. The maximum Gasteiger partial charge on any atom is 0.289 e. The summed E-state index contributed by atoms with van der Waals surface area (Å²) >= 11 is 0. The number of amides is 1. The average Bonchev–Trinajstić information content (AvgIpc) is 3.29. The van der Waals surface area contributed by atoms with Crippen LogP contribution in [0.4, 0.5) is 0 Å². The van der Waals surface area contributed by atoms with Crippen molar-refractivity contribution in [1.29, 1.82) is 0 Å². The molecule has 0 spiro atoms. The first-order valence-electron chi connectivity index (χ1n) is 8.83. The fourth-order valence-electron chi connectivity index (χ4n) is 3.69. The first kappa shape index (κ1) is 15.9. The lowest BCUT2D eigenvalue weighted by Gasteiger charge is -2.28. The van der Waals surface area contributed by atoms with Crippen LogP contribution >= 0.6 is 0 Å². The van der Waals surface area contributed by atoms with Crippen LogP contribution in [0.25, 0.3) is 16.6 Å². The van der Waals surface area contributed by atoms with E-state index in [0.29, 0.717) is 30.2 Å². The number of hydrogen-bond acceptors (Lipinski definition) is 5. The number of para-hydroxylation sites is 1. The monoisotopic (exact) mass is 362 g/mol. The number of rotatable bonds is 2. The second-order valence-corrected chi connectivity index (χ2v) is 6.75. The van der Waals surface area contributed by atoms with Gasteiger partial charge in [-0.1, -0.05) is 12.1 Å². The summed E-state index contributed by atoms with van der Waals surface area (Å²) in [6.07, 6.45) is 2.57. The SMILES string of the molecule is COc1cccc2cc(C(=O)N3CCc4c(cnc5cc(C)nn45)C3)oc12. The molecule has 0 aliphatic carbocycles. The minimum Gasteiger partial charge on any atom is -0.493 e. The Bertz CT molecular complexity index is 1190. The molecular weight excluding hydrogens is 344 g/mol. The highest BCUT2D eigenvalue weighted by atomic mass is 16.5. The van der Waals surface area contributed by atoms with E-state index < -0.39 is 0 Å². The Labute approximate surface area is 155 Å². The number of nitrogens with zero attached hydrogens (tertiary/aromatic N) is 4. The molecule has 1 aliphatic heterocycles. The Balaban J connectivity index is 1.48. The van der Waals surface area contributed by atoms with Crippen molar-refractivity contribution in [3.63, 3.8) is 0 Å². The van der Waals surface area contributed by atoms with E-state index in [2.05, 4.69) is 10.1 Å². The molecule has 0 fully saturated rings. The Morgan fingerprint density at radius 1 is 1.30 bits per heavy atom. The van der Waals surface area contributed by atoms with Crippen LogP contribution in [0.15, 0.2) is 40.9 Å². The molecule has 0 saturated carbocycles. The molecule has 0 unspecified atom stereocenters. The van der Waals surface area contributed by atoms with Crippen LogP contribution in [0.1, 0.15) is 27.5 Å². The minimum absolute atomic E-state index is 0.129. The summed E-state index contributed by atoms with van der Waals surface area (Å²) in [6.45, 7) is 3.05. The number of furan rings is 1. The van der Waals surface area contributed by atoms with Gasteiger partial charge in [-0.05, 0) is 19.1 Å². The number of fused-ring (bicyclic) bond motifs is 4. The third-order valence-electron chi connectivity index (χ3n) is 5.00. The molecule has 0 radical (unpaired) electrons. The van der Waals surface area contributed by atoms with Crippen LogP contribution in [-0.2, 0) is 13.0 Å². The second-order valence-electron chi connectivity index (χ2n) is 6.75. The Morgan fingerprint density at radius 3 is 3.04 bits per heavy atom. The zero-order valence-electron chi connectivity index (χ0n) is 15.1. The van der Waals surface area contributed by atoms with Gasteiger partial charge in [0.15, 0.2) is 22.7 Å². The predicted molar refractivity (Wildman–Crippen MR) is 98.9 cm³/mol. The highest BCUT2D eigenvalue weighted by Crippen LogP contribution is 2.30. The fourth-order valence-corrected chi connectivity index (χ4v) is 3.69. The van der Waals surface area contributed by atoms with E-state index >= 15 is 0 Å². The van der Waals surface area contributed by atoms with E-state index in [1.165, 1.54) is 0 Å². The molecule has 1 aromatic carbocycles. The van der Waals surface area contributed by atoms with Crippen LogP contribution in [0.5, 0.6) is 5.75 Å². The molecule has 4 heterocycles. The number of hydrogen-bond donors (Lipinski definition) is 0. The van der Waals surface area contributed by atoms with Crippen molar-refractivity contribution in [2.24, 2.45) is 0 Å². The van der Waals surface area contributed by atoms with Gasteiger partial charge in [0.25, 0.3) is 5.91 Å². The van der Waals surface area contributed by atoms with Crippen molar-refractivity contribution >= 4 is 22.5 Å². The number of aromatic nitrogens is 3. The molecule has 0 saturated heterocycles.